The Kier molecular flexibility index (Phi) is 3.29. The molecule has 0 amide bonds. The van der Waals surface area contributed by atoms with Crippen LogP contribution in [0.5, 0.6) is 0 Å². The predicted molar refractivity (Wildman–Crippen MR) is 50.7 cm³/mol. The van der Waals surface area contributed by atoms with Crippen molar-refractivity contribution >= 4 is 0 Å². The predicted octanol–water partition coefficient (Wildman–Crippen LogP) is 2.58. The van der Waals surface area contributed by atoms with Gasteiger partial charge < -0.3 is 11.4 Å². The Morgan fingerprint density at radius 1 is 1.00 bits per heavy atom. The first-order valence-electron chi connectivity index (χ1n) is 4.35. The molecule has 4 N–H and O–H groups in total. The van der Waals surface area contributed by atoms with Crippen molar-refractivity contribution in [3.8, 4) is 0 Å². The molecule has 0 saturated carbocycles. The highest BCUT2D eigenvalue weighted by molar-refractivity contribution is 4.91. The molecular formula is C9H22N2O. The van der Waals surface area contributed by atoms with Gasteiger partial charge in [0.2, 0.25) is 0 Å². The van der Waals surface area contributed by atoms with Crippen LogP contribution in [-0.2, 0) is 0 Å². The molecule has 3 nitrogen and oxygen atoms in total. The van der Waals surface area contributed by atoms with Crippen LogP contribution >= 0.6 is 0 Å². The molecule has 0 unspecified atom stereocenters. The van der Waals surface area contributed by atoms with Crippen LogP contribution in [-0.4, -0.2) is 21.3 Å². The molecule has 0 atom stereocenters. The molecule has 1 aliphatic rings. The molecule has 0 aromatic rings. The zero-order valence-electron chi connectivity index (χ0n) is 8.72. The van der Waals surface area contributed by atoms with Crippen LogP contribution < -0.4 is 6.15 Å². The summed E-state index contributed by atoms with van der Waals surface area (Å²) in [7, 11) is 0. The molecule has 3 heteroatoms. The van der Waals surface area contributed by atoms with Crippen LogP contribution in [0.4, 0.5) is 0 Å². The normalized spacial score (nSPS) is 27.8. The van der Waals surface area contributed by atoms with Crippen LogP contribution in [0.25, 0.3) is 0 Å². The summed E-state index contributed by atoms with van der Waals surface area (Å²) in [6.07, 6.45) is 3.40. The molecule has 0 aliphatic carbocycles. The fraction of sp³-hybridized carbons (Fsp3) is 1.00. The quantitative estimate of drug-likeness (QED) is 0.593. The third-order valence-electron chi connectivity index (χ3n) is 2.72. The zero-order valence-corrected chi connectivity index (χ0v) is 8.72. The van der Waals surface area contributed by atoms with E-state index in [0.29, 0.717) is 0 Å². The average Bonchev–Trinajstić information content (AvgIpc) is 1.82. The molecule has 0 bridgehead atoms. The molecule has 1 rings (SSSR count). The van der Waals surface area contributed by atoms with Gasteiger partial charge in [-0.1, -0.05) is 0 Å². The third kappa shape index (κ3) is 1.97. The van der Waals surface area contributed by atoms with Gasteiger partial charge in [-0.2, -0.15) is 5.06 Å². The van der Waals surface area contributed by atoms with E-state index in [1.165, 1.54) is 11.5 Å². The van der Waals surface area contributed by atoms with E-state index in [9.17, 15) is 5.21 Å². The molecule has 0 aromatic heterocycles. The van der Waals surface area contributed by atoms with E-state index >= 15 is 0 Å². The van der Waals surface area contributed by atoms with Gasteiger partial charge in [0, 0.05) is 11.1 Å². The van der Waals surface area contributed by atoms with Crippen molar-refractivity contribution in [2.75, 3.05) is 0 Å². The van der Waals surface area contributed by atoms with Crippen LogP contribution in [0.1, 0.15) is 47.0 Å². The first-order valence-corrected chi connectivity index (χ1v) is 4.35. The number of nitrogens with zero attached hydrogens (tertiary/aromatic N) is 1. The summed E-state index contributed by atoms with van der Waals surface area (Å²) in [6.45, 7) is 8.36. The minimum absolute atomic E-state index is 0. The molecular weight excluding hydrogens is 152 g/mol. The molecule has 1 saturated heterocycles. The van der Waals surface area contributed by atoms with E-state index in [0.717, 1.165) is 12.8 Å². The van der Waals surface area contributed by atoms with Gasteiger partial charge in [0.25, 0.3) is 0 Å². The minimum Gasteiger partial charge on any atom is -0.344 e. The Hall–Kier alpha value is -0.120. The lowest BCUT2D eigenvalue weighted by molar-refractivity contribution is -0.241. The van der Waals surface area contributed by atoms with E-state index in [1.54, 1.807) is 0 Å². The van der Waals surface area contributed by atoms with Crippen molar-refractivity contribution in [3.63, 3.8) is 0 Å². The fourth-order valence-electron chi connectivity index (χ4n) is 1.98. The first-order chi connectivity index (χ1) is 4.86. The van der Waals surface area contributed by atoms with Gasteiger partial charge in [0.15, 0.2) is 0 Å². The van der Waals surface area contributed by atoms with E-state index in [2.05, 4.69) is 27.7 Å². The monoisotopic (exact) mass is 174 g/mol. The molecule has 0 radical (unpaired) electrons. The Morgan fingerprint density at radius 2 is 1.33 bits per heavy atom. The molecule has 12 heavy (non-hydrogen) atoms. The maximum absolute atomic E-state index is 9.80. The smallest absolute Gasteiger partial charge is 0.0410 e. The summed E-state index contributed by atoms with van der Waals surface area (Å²) in [5, 5.41) is 11.3. The van der Waals surface area contributed by atoms with E-state index in [-0.39, 0.29) is 17.2 Å². The first kappa shape index (κ1) is 11.9. The standard InChI is InChI=1S/C9H19NO.H3N/c1-8(2)6-5-7-9(3,4)10(8)11;/h11H,5-7H2,1-4H3;1H3. The van der Waals surface area contributed by atoms with Gasteiger partial charge in [-0.15, -0.1) is 0 Å². The lowest BCUT2D eigenvalue weighted by Crippen LogP contribution is -2.56. The van der Waals surface area contributed by atoms with Crippen LogP contribution in [0, 0.1) is 0 Å². The minimum atomic E-state index is -0.0399. The summed E-state index contributed by atoms with van der Waals surface area (Å²) in [5.41, 5.74) is -0.0799. The molecule has 0 spiro atoms. The zero-order chi connectivity index (χ0) is 8.70. The Bertz CT molecular complexity index is 139. The van der Waals surface area contributed by atoms with Crippen molar-refractivity contribution in [1.82, 2.24) is 11.2 Å². The van der Waals surface area contributed by atoms with Gasteiger partial charge in [-0.3, -0.25) is 0 Å². The summed E-state index contributed by atoms with van der Waals surface area (Å²) in [4.78, 5) is 0. The Labute approximate surface area is 75.3 Å². The number of hydrogen-bond donors (Lipinski definition) is 2. The summed E-state index contributed by atoms with van der Waals surface area (Å²) in [5.74, 6) is 0. The van der Waals surface area contributed by atoms with Crippen molar-refractivity contribution in [1.29, 1.82) is 0 Å². The average molecular weight is 174 g/mol. The van der Waals surface area contributed by atoms with Crippen molar-refractivity contribution in [2.45, 2.75) is 58.0 Å². The summed E-state index contributed by atoms with van der Waals surface area (Å²) >= 11 is 0. The van der Waals surface area contributed by atoms with Crippen molar-refractivity contribution in [3.05, 3.63) is 0 Å². The number of piperidine rings is 1. The highest BCUT2D eigenvalue weighted by Crippen LogP contribution is 2.35. The van der Waals surface area contributed by atoms with Crippen LogP contribution in [0.15, 0.2) is 0 Å². The second-order valence-electron chi connectivity index (χ2n) is 4.79. The van der Waals surface area contributed by atoms with Crippen LogP contribution in [0.3, 0.4) is 0 Å². The fourth-order valence-corrected chi connectivity index (χ4v) is 1.98. The third-order valence-corrected chi connectivity index (χ3v) is 2.72. The maximum Gasteiger partial charge on any atom is 0.0410 e. The maximum atomic E-state index is 9.80. The molecule has 0 aromatic carbocycles. The van der Waals surface area contributed by atoms with E-state index in [4.69, 9.17) is 0 Å². The Morgan fingerprint density at radius 3 is 1.58 bits per heavy atom. The highest BCUT2D eigenvalue weighted by Gasteiger charge is 2.40. The SMILES string of the molecule is CC1(C)CCCC(C)(C)N1O.N. The number of hydrogen-bond acceptors (Lipinski definition) is 3. The number of hydroxylamine groups is 2. The highest BCUT2D eigenvalue weighted by atomic mass is 16.5. The Balaban J connectivity index is 0.00000121. The van der Waals surface area contributed by atoms with Gasteiger partial charge in [-0.05, 0) is 47.0 Å². The number of rotatable bonds is 0. The molecule has 1 heterocycles. The lowest BCUT2D eigenvalue weighted by Gasteiger charge is -2.48. The van der Waals surface area contributed by atoms with Crippen molar-refractivity contribution in [2.24, 2.45) is 0 Å². The van der Waals surface area contributed by atoms with Gasteiger partial charge in [0.05, 0.1) is 0 Å². The molecule has 1 fully saturated rings. The van der Waals surface area contributed by atoms with Crippen molar-refractivity contribution < 1.29 is 5.21 Å². The topological polar surface area (TPSA) is 58.5 Å². The lowest BCUT2D eigenvalue weighted by atomic mass is 9.82. The van der Waals surface area contributed by atoms with Crippen LogP contribution in [0.2, 0.25) is 0 Å². The molecule has 74 valence electrons. The largest absolute Gasteiger partial charge is 0.344 e. The van der Waals surface area contributed by atoms with Gasteiger partial charge in [0.1, 0.15) is 0 Å². The summed E-state index contributed by atoms with van der Waals surface area (Å²) in [6, 6.07) is 0. The van der Waals surface area contributed by atoms with E-state index < -0.39 is 0 Å². The summed E-state index contributed by atoms with van der Waals surface area (Å²) < 4.78 is 0. The van der Waals surface area contributed by atoms with E-state index in [1.807, 2.05) is 0 Å². The second-order valence-corrected chi connectivity index (χ2v) is 4.79. The van der Waals surface area contributed by atoms with Gasteiger partial charge in [-0.25, -0.2) is 0 Å². The molecule has 1 aliphatic heterocycles. The van der Waals surface area contributed by atoms with Gasteiger partial charge >= 0.3 is 0 Å². The second kappa shape index (κ2) is 3.32.